The normalized spacial score (nSPS) is 22.6. The zero-order valence-electron chi connectivity index (χ0n) is 5.95. The summed E-state index contributed by atoms with van der Waals surface area (Å²) >= 11 is 0. The third-order valence-electron chi connectivity index (χ3n) is 1.47. The molecule has 0 aliphatic heterocycles. The minimum absolute atomic E-state index is 0.241. The largest absolute Gasteiger partial charge is 0.392 e. The topological polar surface area (TPSA) is 20.2 Å². The zero-order valence-corrected chi connectivity index (χ0v) is 5.95. The number of alkyl halides is 2. The van der Waals surface area contributed by atoms with Crippen LogP contribution in [0, 0.1) is 0 Å². The van der Waals surface area contributed by atoms with E-state index in [4.69, 9.17) is 5.11 Å². The van der Waals surface area contributed by atoms with Gasteiger partial charge in [0.2, 0.25) is 0 Å². The molecule has 5 heteroatoms. The lowest BCUT2D eigenvalue weighted by atomic mass is 10.0. The van der Waals surface area contributed by atoms with Crippen LogP contribution in [0.3, 0.4) is 0 Å². The SMILES string of the molecule is OCC1=CC(F)(F)CC(F)=C1F. The van der Waals surface area contributed by atoms with Gasteiger partial charge in [-0.25, -0.2) is 17.6 Å². The van der Waals surface area contributed by atoms with Gasteiger partial charge in [-0.1, -0.05) is 0 Å². The molecular weight excluding hydrogens is 176 g/mol. The second kappa shape index (κ2) is 2.90. The lowest BCUT2D eigenvalue weighted by molar-refractivity contribution is 0.0440. The number of hydrogen-bond donors (Lipinski definition) is 1. The van der Waals surface area contributed by atoms with Crippen molar-refractivity contribution in [3.05, 3.63) is 23.3 Å². The molecular formula is C7H6F4O. The molecule has 0 atom stereocenters. The molecule has 0 saturated carbocycles. The summed E-state index contributed by atoms with van der Waals surface area (Å²) in [4.78, 5) is 0. The molecule has 1 nitrogen and oxygen atoms in total. The van der Waals surface area contributed by atoms with Gasteiger partial charge in [0.15, 0.2) is 5.83 Å². The predicted molar refractivity (Wildman–Crippen MR) is 34.0 cm³/mol. The van der Waals surface area contributed by atoms with E-state index < -0.39 is 36.2 Å². The van der Waals surface area contributed by atoms with Crippen LogP contribution in [0.4, 0.5) is 17.6 Å². The molecule has 0 saturated heterocycles. The van der Waals surface area contributed by atoms with Crippen LogP contribution >= 0.6 is 0 Å². The highest BCUT2D eigenvalue weighted by atomic mass is 19.3. The Hall–Kier alpha value is -0.840. The van der Waals surface area contributed by atoms with Crippen molar-refractivity contribution in [3.8, 4) is 0 Å². The summed E-state index contributed by atoms with van der Waals surface area (Å²) in [6, 6.07) is 0. The van der Waals surface area contributed by atoms with E-state index in [0.717, 1.165) is 0 Å². The Balaban J connectivity index is 3.02. The van der Waals surface area contributed by atoms with E-state index in [0.29, 0.717) is 0 Å². The van der Waals surface area contributed by atoms with Crippen molar-refractivity contribution in [3.63, 3.8) is 0 Å². The smallest absolute Gasteiger partial charge is 0.273 e. The van der Waals surface area contributed by atoms with Crippen molar-refractivity contribution >= 4 is 0 Å². The van der Waals surface area contributed by atoms with Gasteiger partial charge in [0.25, 0.3) is 5.92 Å². The van der Waals surface area contributed by atoms with Gasteiger partial charge in [0.05, 0.1) is 13.0 Å². The molecule has 1 aliphatic rings. The van der Waals surface area contributed by atoms with E-state index in [1.54, 1.807) is 0 Å². The van der Waals surface area contributed by atoms with E-state index >= 15 is 0 Å². The van der Waals surface area contributed by atoms with Gasteiger partial charge < -0.3 is 5.11 Å². The summed E-state index contributed by atoms with van der Waals surface area (Å²) in [5, 5.41) is 8.37. The molecule has 0 bridgehead atoms. The minimum atomic E-state index is -3.39. The van der Waals surface area contributed by atoms with Crippen molar-refractivity contribution in [2.24, 2.45) is 0 Å². The quantitative estimate of drug-likeness (QED) is 0.615. The molecule has 1 aliphatic carbocycles. The average Bonchev–Trinajstić information content (AvgIpc) is 1.96. The van der Waals surface area contributed by atoms with E-state index in [-0.39, 0.29) is 6.08 Å². The fraction of sp³-hybridized carbons (Fsp3) is 0.429. The fourth-order valence-corrected chi connectivity index (χ4v) is 0.943. The fourth-order valence-electron chi connectivity index (χ4n) is 0.943. The first-order valence-electron chi connectivity index (χ1n) is 3.21. The molecule has 1 rings (SSSR count). The van der Waals surface area contributed by atoms with Crippen LogP contribution < -0.4 is 0 Å². The van der Waals surface area contributed by atoms with Gasteiger partial charge in [-0.3, -0.25) is 0 Å². The number of halogens is 4. The molecule has 0 heterocycles. The van der Waals surface area contributed by atoms with Gasteiger partial charge in [-0.2, -0.15) is 0 Å². The summed E-state index contributed by atoms with van der Waals surface area (Å²) in [6.07, 6.45) is -1.02. The van der Waals surface area contributed by atoms with Gasteiger partial charge in [-0.05, 0) is 6.08 Å². The summed E-state index contributed by atoms with van der Waals surface area (Å²) in [5.74, 6) is -6.27. The monoisotopic (exact) mass is 182 g/mol. The minimum Gasteiger partial charge on any atom is -0.392 e. The zero-order chi connectivity index (χ0) is 9.35. The van der Waals surface area contributed by atoms with Crippen LogP contribution in [0.25, 0.3) is 0 Å². The van der Waals surface area contributed by atoms with Crippen molar-refractivity contribution in [2.75, 3.05) is 6.61 Å². The van der Waals surface area contributed by atoms with Gasteiger partial charge in [-0.15, -0.1) is 0 Å². The number of aliphatic hydroxyl groups is 1. The van der Waals surface area contributed by atoms with Crippen molar-refractivity contribution in [1.29, 1.82) is 0 Å². The first kappa shape index (κ1) is 9.25. The second-order valence-electron chi connectivity index (χ2n) is 2.48. The van der Waals surface area contributed by atoms with Crippen LogP contribution in [0.2, 0.25) is 0 Å². The van der Waals surface area contributed by atoms with Crippen LogP contribution in [-0.2, 0) is 0 Å². The number of hydrogen-bond acceptors (Lipinski definition) is 1. The number of rotatable bonds is 1. The molecule has 0 aromatic rings. The molecule has 1 N–H and O–H groups in total. The van der Waals surface area contributed by atoms with Crippen molar-refractivity contribution < 1.29 is 22.7 Å². The molecule has 68 valence electrons. The van der Waals surface area contributed by atoms with Crippen molar-refractivity contribution in [1.82, 2.24) is 0 Å². The molecule has 0 spiro atoms. The summed E-state index contributed by atoms with van der Waals surface area (Å²) in [6.45, 7) is -0.922. The second-order valence-corrected chi connectivity index (χ2v) is 2.48. The first-order chi connectivity index (χ1) is 5.46. The van der Waals surface area contributed by atoms with E-state index in [1.807, 2.05) is 0 Å². The van der Waals surface area contributed by atoms with Gasteiger partial charge >= 0.3 is 0 Å². The summed E-state index contributed by atoms with van der Waals surface area (Å²) in [5.41, 5.74) is -0.691. The Morgan fingerprint density at radius 2 is 2.00 bits per heavy atom. The Bertz CT molecular complexity index is 254. The number of aliphatic hydroxyl groups excluding tert-OH is 1. The molecule has 0 aromatic carbocycles. The summed E-state index contributed by atoms with van der Waals surface area (Å²) in [7, 11) is 0. The highest BCUT2D eigenvalue weighted by Gasteiger charge is 2.35. The van der Waals surface area contributed by atoms with Crippen LogP contribution in [-0.4, -0.2) is 17.6 Å². The van der Waals surface area contributed by atoms with Crippen LogP contribution in [0.1, 0.15) is 6.42 Å². The van der Waals surface area contributed by atoms with Crippen LogP contribution in [0.15, 0.2) is 23.3 Å². The van der Waals surface area contributed by atoms with E-state index in [2.05, 4.69) is 0 Å². The van der Waals surface area contributed by atoms with Crippen molar-refractivity contribution in [2.45, 2.75) is 12.3 Å². The summed E-state index contributed by atoms with van der Waals surface area (Å²) < 4.78 is 49.8. The third-order valence-corrected chi connectivity index (χ3v) is 1.47. The molecule has 0 aromatic heterocycles. The Kier molecular flexibility index (Phi) is 2.23. The van der Waals surface area contributed by atoms with E-state index in [1.165, 1.54) is 0 Å². The third kappa shape index (κ3) is 1.66. The first-order valence-corrected chi connectivity index (χ1v) is 3.21. The Morgan fingerprint density at radius 1 is 1.42 bits per heavy atom. The molecule has 0 unspecified atom stereocenters. The molecule has 0 radical (unpaired) electrons. The predicted octanol–water partition coefficient (Wildman–Crippen LogP) is 2.09. The van der Waals surface area contributed by atoms with Gasteiger partial charge in [0.1, 0.15) is 5.83 Å². The molecule has 0 fully saturated rings. The van der Waals surface area contributed by atoms with Crippen LogP contribution in [0.5, 0.6) is 0 Å². The Labute approximate surface area is 66.0 Å². The molecule has 12 heavy (non-hydrogen) atoms. The maximum absolute atomic E-state index is 12.5. The standard InChI is InChI=1S/C7H6F4O/c8-5-2-7(10,11)1-4(3-12)6(5)9/h1,12H,2-3H2. The highest BCUT2D eigenvalue weighted by molar-refractivity contribution is 5.34. The average molecular weight is 182 g/mol. The maximum atomic E-state index is 12.5. The number of allylic oxidation sites excluding steroid dienone is 2. The highest BCUT2D eigenvalue weighted by Crippen LogP contribution is 2.36. The lowest BCUT2D eigenvalue weighted by Gasteiger charge is -2.17. The lowest BCUT2D eigenvalue weighted by Crippen LogP contribution is -2.19. The van der Waals surface area contributed by atoms with E-state index in [9.17, 15) is 17.6 Å². The Morgan fingerprint density at radius 3 is 2.50 bits per heavy atom. The van der Waals surface area contributed by atoms with Gasteiger partial charge in [0, 0.05) is 5.57 Å². The molecule has 0 amide bonds. The maximum Gasteiger partial charge on any atom is 0.273 e.